The van der Waals surface area contributed by atoms with Crippen LogP contribution in [0.2, 0.25) is 0 Å². The van der Waals surface area contributed by atoms with Crippen molar-refractivity contribution < 1.29 is 0 Å². The van der Waals surface area contributed by atoms with Crippen LogP contribution in [-0.2, 0) is 5.16 Å². The van der Waals surface area contributed by atoms with Crippen LogP contribution in [0.15, 0.2) is 66.7 Å². The molecular formula is C27H31P. The van der Waals surface area contributed by atoms with Crippen molar-refractivity contribution in [2.75, 3.05) is 6.16 Å². The number of benzene rings is 3. The van der Waals surface area contributed by atoms with Gasteiger partial charge < -0.3 is 0 Å². The molecule has 0 N–H and O–H groups in total. The Bertz CT molecular complexity index is 919. The number of hydrogen-bond donors (Lipinski definition) is 0. The number of rotatable bonds is 3. The van der Waals surface area contributed by atoms with Crippen molar-refractivity contribution >= 4 is 8.58 Å². The lowest BCUT2D eigenvalue weighted by Crippen LogP contribution is -2.31. The normalized spacial score (nSPS) is 19.6. The minimum absolute atomic E-state index is 0.133. The number of aryl methyl sites for hydroxylation is 4. The molecule has 0 amide bonds. The Hall–Kier alpha value is -1.91. The highest BCUT2D eigenvalue weighted by Gasteiger charge is 2.41. The summed E-state index contributed by atoms with van der Waals surface area (Å²) in [5, 5.41) is 0.133. The molecule has 1 heterocycles. The SMILES string of the molecule is Cc1ccc(C2(c3ccc(C)cc3C)CC(c3ccccc3)CCP2)c(C)c1. The van der Waals surface area contributed by atoms with E-state index in [0.717, 1.165) is 8.58 Å². The lowest BCUT2D eigenvalue weighted by atomic mass is 9.76. The van der Waals surface area contributed by atoms with E-state index in [9.17, 15) is 0 Å². The van der Waals surface area contributed by atoms with Gasteiger partial charge in [0.05, 0.1) is 0 Å². The zero-order valence-corrected chi connectivity index (χ0v) is 18.5. The van der Waals surface area contributed by atoms with Gasteiger partial charge in [0.1, 0.15) is 0 Å². The molecule has 28 heavy (non-hydrogen) atoms. The Balaban J connectivity index is 1.89. The summed E-state index contributed by atoms with van der Waals surface area (Å²) in [6.45, 7) is 9.03. The van der Waals surface area contributed by atoms with Gasteiger partial charge in [-0.3, -0.25) is 0 Å². The minimum atomic E-state index is 0.133. The first-order valence-electron chi connectivity index (χ1n) is 10.4. The molecule has 1 aliphatic rings. The molecule has 0 bridgehead atoms. The van der Waals surface area contributed by atoms with E-state index >= 15 is 0 Å². The fourth-order valence-electron chi connectivity index (χ4n) is 5.15. The fraction of sp³-hybridized carbons (Fsp3) is 0.333. The van der Waals surface area contributed by atoms with E-state index in [4.69, 9.17) is 0 Å². The van der Waals surface area contributed by atoms with Crippen LogP contribution in [0.1, 0.15) is 57.7 Å². The maximum Gasteiger partial charge on any atom is 0.0383 e. The Morgan fingerprint density at radius 2 is 1.32 bits per heavy atom. The molecule has 0 aliphatic carbocycles. The van der Waals surface area contributed by atoms with E-state index in [0.29, 0.717) is 5.92 Å². The molecule has 1 fully saturated rings. The summed E-state index contributed by atoms with van der Waals surface area (Å²) in [4.78, 5) is 0. The van der Waals surface area contributed by atoms with Gasteiger partial charge in [-0.05, 0) is 80.4 Å². The molecule has 144 valence electrons. The van der Waals surface area contributed by atoms with Crippen LogP contribution in [0.4, 0.5) is 0 Å². The van der Waals surface area contributed by atoms with Crippen molar-refractivity contribution in [1.82, 2.24) is 0 Å². The molecule has 1 aliphatic heterocycles. The summed E-state index contributed by atoms with van der Waals surface area (Å²) in [6, 6.07) is 25.4. The molecule has 0 nitrogen and oxygen atoms in total. The molecule has 0 aromatic heterocycles. The van der Waals surface area contributed by atoms with Gasteiger partial charge in [0.15, 0.2) is 0 Å². The Morgan fingerprint density at radius 1 is 0.750 bits per heavy atom. The third kappa shape index (κ3) is 3.56. The van der Waals surface area contributed by atoms with E-state index in [1.165, 1.54) is 46.8 Å². The molecule has 3 aromatic carbocycles. The average molecular weight is 387 g/mol. The van der Waals surface area contributed by atoms with Gasteiger partial charge in [0.2, 0.25) is 0 Å². The van der Waals surface area contributed by atoms with Crippen LogP contribution in [0.3, 0.4) is 0 Å². The molecule has 3 aromatic rings. The molecule has 4 rings (SSSR count). The summed E-state index contributed by atoms with van der Waals surface area (Å²) in [7, 11) is 0.935. The summed E-state index contributed by atoms with van der Waals surface area (Å²) in [6.07, 6.45) is 3.82. The highest BCUT2D eigenvalue weighted by molar-refractivity contribution is 7.40. The van der Waals surface area contributed by atoms with Crippen molar-refractivity contribution in [1.29, 1.82) is 0 Å². The summed E-state index contributed by atoms with van der Waals surface area (Å²) in [5.41, 5.74) is 10.2. The van der Waals surface area contributed by atoms with Gasteiger partial charge >= 0.3 is 0 Å². The highest BCUT2D eigenvalue weighted by atomic mass is 31.1. The first-order chi connectivity index (χ1) is 13.5. The fourth-order valence-corrected chi connectivity index (χ4v) is 7.41. The van der Waals surface area contributed by atoms with Crippen molar-refractivity contribution in [2.45, 2.75) is 51.6 Å². The second-order valence-electron chi connectivity index (χ2n) is 8.57. The molecule has 1 saturated heterocycles. The molecule has 1 heteroatoms. The van der Waals surface area contributed by atoms with Gasteiger partial charge in [-0.25, -0.2) is 0 Å². The van der Waals surface area contributed by atoms with Gasteiger partial charge in [-0.2, -0.15) is 0 Å². The van der Waals surface area contributed by atoms with E-state index < -0.39 is 0 Å². The molecule has 2 unspecified atom stereocenters. The summed E-state index contributed by atoms with van der Waals surface area (Å²) < 4.78 is 0. The summed E-state index contributed by atoms with van der Waals surface area (Å²) in [5.74, 6) is 0.629. The largest absolute Gasteiger partial charge is 0.106 e. The Kier molecular flexibility index (Phi) is 5.44. The van der Waals surface area contributed by atoms with Gasteiger partial charge in [-0.1, -0.05) is 77.9 Å². The first-order valence-corrected chi connectivity index (χ1v) is 11.7. The van der Waals surface area contributed by atoms with Crippen LogP contribution in [0, 0.1) is 27.7 Å². The Morgan fingerprint density at radius 3 is 1.86 bits per heavy atom. The molecular weight excluding hydrogens is 355 g/mol. The third-order valence-corrected chi connectivity index (χ3v) is 8.31. The molecule has 0 radical (unpaired) electrons. The van der Waals surface area contributed by atoms with E-state index in [-0.39, 0.29) is 5.16 Å². The molecule has 0 saturated carbocycles. The smallest absolute Gasteiger partial charge is 0.0383 e. The van der Waals surface area contributed by atoms with Crippen molar-refractivity contribution in [3.05, 3.63) is 106 Å². The van der Waals surface area contributed by atoms with Gasteiger partial charge in [0.25, 0.3) is 0 Å². The van der Waals surface area contributed by atoms with Crippen LogP contribution in [-0.4, -0.2) is 6.16 Å². The van der Waals surface area contributed by atoms with Gasteiger partial charge in [0, 0.05) is 5.16 Å². The number of hydrogen-bond acceptors (Lipinski definition) is 0. The van der Waals surface area contributed by atoms with Crippen molar-refractivity contribution in [3.63, 3.8) is 0 Å². The Labute approximate surface area is 172 Å². The summed E-state index contributed by atoms with van der Waals surface area (Å²) >= 11 is 0. The van der Waals surface area contributed by atoms with E-state index in [1.807, 2.05) is 0 Å². The van der Waals surface area contributed by atoms with Crippen LogP contribution in [0.5, 0.6) is 0 Å². The topological polar surface area (TPSA) is 0 Å². The van der Waals surface area contributed by atoms with Gasteiger partial charge in [-0.15, -0.1) is 8.58 Å². The van der Waals surface area contributed by atoms with E-state index in [2.05, 4.69) is 94.4 Å². The van der Waals surface area contributed by atoms with Crippen LogP contribution in [0.25, 0.3) is 0 Å². The predicted octanol–water partition coefficient (Wildman–Crippen LogP) is 7.42. The van der Waals surface area contributed by atoms with Crippen LogP contribution >= 0.6 is 8.58 Å². The highest BCUT2D eigenvalue weighted by Crippen LogP contribution is 2.58. The molecule has 0 spiro atoms. The van der Waals surface area contributed by atoms with Crippen molar-refractivity contribution in [2.24, 2.45) is 0 Å². The quantitative estimate of drug-likeness (QED) is 0.411. The zero-order valence-electron chi connectivity index (χ0n) is 17.5. The average Bonchev–Trinajstić information content (AvgIpc) is 2.68. The second-order valence-corrected chi connectivity index (χ2v) is 10.3. The van der Waals surface area contributed by atoms with E-state index in [1.54, 1.807) is 11.1 Å². The second kappa shape index (κ2) is 7.84. The third-order valence-electron chi connectivity index (χ3n) is 6.43. The maximum atomic E-state index is 2.42. The monoisotopic (exact) mass is 386 g/mol. The lowest BCUT2D eigenvalue weighted by Gasteiger charge is -2.44. The maximum absolute atomic E-state index is 2.42. The first kappa shape index (κ1) is 19.4. The lowest BCUT2D eigenvalue weighted by molar-refractivity contribution is 0.505. The van der Waals surface area contributed by atoms with Crippen molar-refractivity contribution in [3.8, 4) is 0 Å². The standard InChI is InChI=1S/C27H31P/c1-19-10-12-25(21(3)16-19)27(26-13-11-20(2)17-22(26)4)18-24(14-15-28-27)23-8-6-5-7-9-23/h5-13,16-17,24,28H,14-15,18H2,1-4H3. The van der Waals surface area contributed by atoms with Crippen LogP contribution < -0.4 is 0 Å². The minimum Gasteiger partial charge on any atom is -0.106 e. The zero-order chi connectivity index (χ0) is 19.7. The predicted molar refractivity (Wildman–Crippen MR) is 124 cm³/mol. The molecule has 2 atom stereocenters.